The van der Waals surface area contributed by atoms with Gasteiger partial charge in [0.25, 0.3) is 5.91 Å². The number of ether oxygens (including phenoxy) is 1. The number of aryl methyl sites for hydroxylation is 1. The van der Waals surface area contributed by atoms with E-state index in [9.17, 15) is 4.79 Å². The molecule has 0 fully saturated rings. The average molecular weight is 413 g/mol. The summed E-state index contributed by atoms with van der Waals surface area (Å²) in [5.41, 5.74) is 2.50. The Morgan fingerprint density at radius 3 is 2.57 bits per heavy atom. The molecule has 0 saturated heterocycles. The summed E-state index contributed by atoms with van der Waals surface area (Å²) < 4.78 is 6.92. The van der Waals surface area contributed by atoms with E-state index in [0.29, 0.717) is 11.3 Å². The maximum Gasteiger partial charge on any atom is 0.255 e. The lowest BCUT2D eigenvalue weighted by Gasteiger charge is -2.11. The number of amides is 1. The minimum Gasteiger partial charge on any atom is -0.496 e. The Morgan fingerprint density at radius 1 is 1.19 bits per heavy atom. The smallest absolute Gasteiger partial charge is 0.255 e. The first-order valence-corrected chi connectivity index (χ1v) is 8.07. The van der Waals surface area contributed by atoms with Crippen molar-refractivity contribution in [2.24, 2.45) is 0 Å². The van der Waals surface area contributed by atoms with E-state index in [2.05, 4.69) is 44.1 Å². The maximum atomic E-state index is 12.3. The lowest BCUT2D eigenvalue weighted by molar-refractivity contribution is 0.102. The number of halogens is 2. The molecule has 1 amide bonds. The molecule has 0 aliphatic rings. The molecule has 0 spiro atoms. The summed E-state index contributed by atoms with van der Waals surface area (Å²) in [4.78, 5) is 12.3. The van der Waals surface area contributed by atoms with Crippen molar-refractivity contribution < 1.29 is 9.53 Å². The minimum atomic E-state index is -0.143. The molecule has 0 radical (unpaired) electrons. The number of nitrogens with one attached hydrogen (secondary N) is 1. The molecule has 0 saturated carbocycles. The van der Waals surface area contributed by atoms with E-state index < -0.39 is 0 Å². The fraction of sp³-hybridized carbons (Fsp3) is 0.188. The number of rotatable bonds is 4. The Morgan fingerprint density at radius 2 is 1.95 bits per heavy atom. The molecule has 2 aromatic carbocycles. The molecule has 110 valence electrons. The first-order valence-electron chi connectivity index (χ1n) is 6.48. The van der Waals surface area contributed by atoms with Gasteiger partial charge in [-0.05, 0) is 64.3 Å². The number of anilines is 1. The zero-order valence-electron chi connectivity index (χ0n) is 11.7. The van der Waals surface area contributed by atoms with Gasteiger partial charge in [-0.15, -0.1) is 0 Å². The molecule has 5 heteroatoms. The monoisotopic (exact) mass is 411 g/mol. The normalized spacial score (nSPS) is 10.3. The van der Waals surface area contributed by atoms with Gasteiger partial charge in [0.1, 0.15) is 5.75 Å². The van der Waals surface area contributed by atoms with Crippen molar-refractivity contribution in [3.63, 3.8) is 0 Å². The Labute approximate surface area is 141 Å². The average Bonchev–Trinajstić information content (AvgIpc) is 2.48. The molecule has 0 aliphatic heterocycles. The van der Waals surface area contributed by atoms with Gasteiger partial charge in [-0.3, -0.25) is 4.79 Å². The molecule has 0 unspecified atom stereocenters. The molecular formula is C16H15Br2NO2. The van der Waals surface area contributed by atoms with Crippen molar-refractivity contribution in [1.82, 2.24) is 0 Å². The number of benzene rings is 2. The zero-order valence-corrected chi connectivity index (χ0v) is 14.9. The van der Waals surface area contributed by atoms with Crippen LogP contribution >= 0.6 is 31.9 Å². The highest BCUT2D eigenvalue weighted by Crippen LogP contribution is 2.27. The van der Waals surface area contributed by atoms with Crippen LogP contribution in [-0.4, -0.2) is 13.0 Å². The largest absolute Gasteiger partial charge is 0.496 e. The Kier molecular flexibility index (Phi) is 5.42. The predicted octanol–water partition coefficient (Wildman–Crippen LogP) is 5.03. The lowest BCUT2D eigenvalue weighted by atomic mass is 10.1. The van der Waals surface area contributed by atoms with Crippen LogP contribution in [0.25, 0.3) is 0 Å². The summed E-state index contributed by atoms with van der Waals surface area (Å²) in [6.07, 6.45) is 0.849. The van der Waals surface area contributed by atoms with Crippen molar-refractivity contribution in [3.05, 3.63) is 56.5 Å². The van der Waals surface area contributed by atoms with Gasteiger partial charge in [-0.25, -0.2) is 0 Å². The number of carbonyl (C=O) groups is 1. The van der Waals surface area contributed by atoms with Gasteiger partial charge in [0, 0.05) is 15.7 Å². The first-order chi connectivity index (χ1) is 10.0. The van der Waals surface area contributed by atoms with Crippen LogP contribution < -0.4 is 10.1 Å². The maximum absolute atomic E-state index is 12.3. The summed E-state index contributed by atoms with van der Waals surface area (Å²) in [7, 11) is 1.59. The third-order valence-corrected chi connectivity index (χ3v) is 4.22. The van der Waals surface area contributed by atoms with Gasteiger partial charge >= 0.3 is 0 Å². The van der Waals surface area contributed by atoms with Crippen molar-refractivity contribution in [1.29, 1.82) is 0 Å². The second-order valence-electron chi connectivity index (χ2n) is 4.46. The van der Waals surface area contributed by atoms with Crippen LogP contribution in [0.1, 0.15) is 22.8 Å². The number of hydrogen-bond acceptors (Lipinski definition) is 2. The zero-order chi connectivity index (χ0) is 15.4. The summed E-state index contributed by atoms with van der Waals surface area (Å²) >= 11 is 6.83. The van der Waals surface area contributed by atoms with Gasteiger partial charge in [-0.2, -0.15) is 0 Å². The lowest BCUT2D eigenvalue weighted by Crippen LogP contribution is -2.13. The highest BCUT2D eigenvalue weighted by atomic mass is 79.9. The number of methoxy groups -OCH3 is 1. The third kappa shape index (κ3) is 3.86. The van der Waals surface area contributed by atoms with E-state index in [4.69, 9.17) is 4.74 Å². The molecule has 2 aromatic rings. The molecule has 0 atom stereocenters. The summed E-state index contributed by atoms with van der Waals surface area (Å²) in [6.45, 7) is 2.06. The molecule has 0 aromatic heterocycles. The first kappa shape index (κ1) is 16.0. The van der Waals surface area contributed by atoms with Crippen LogP contribution in [0.3, 0.4) is 0 Å². The van der Waals surface area contributed by atoms with Crippen LogP contribution in [-0.2, 0) is 6.42 Å². The number of carbonyl (C=O) groups excluding carboxylic acids is 1. The van der Waals surface area contributed by atoms with Crippen LogP contribution in [0.5, 0.6) is 5.75 Å². The highest BCUT2D eigenvalue weighted by Gasteiger charge is 2.11. The van der Waals surface area contributed by atoms with E-state index in [1.54, 1.807) is 25.3 Å². The molecule has 0 heterocycles. The van der Waals surface area contributed by atoms with Crippen LogP contribution in [0.4, 0.5) is 5.69 Å². The van der Waals surface area contributed by atoms with Crippen molar-refractivity contribution in [2.45, 2.75) is 13.3 Å². The molecule has 3 nitrogen and oxygen atoms in total. The van der Waals surface area contributed by atoms with Crippen LogP contribution in [0, 0.1) is 0 Å². The Hall–Kier alpha value is -1.33. The summed E-state index contributed by atoms with van der Waals surface area (Å²) in [6, 6.07) is 11.1. The van der Waals surface area contributed by atoms with Crippen molar-refractivity contribution in [2.75, 3.05) is 12.4 Å². The topological polar surface area (TPSA) is 38.3 Å². The fourth-order valence-electron chi connectivity index (χ4n) is 1.98. The second kappa shape index (κ2) is 7.09. The molecule has 2 rings (SSSR count). The van der Waals surface area contributed by atoms with Gasteiger partial charge < -0.3 is 10.1 Å². The van der Waals surface area contributed by atoms with Crippen LogP contribution in [0.15, 0.2) is 45.3 Å². The van der Waals surface area contributed by atoms with E-state index in [0.717, 1.165) is 26.6 Å². The Bertz CT molecular complexity index is 671. The Balaban J connectivity index is 2.24. The van der Waals surface area contributed by atoms with E-state index in [1.807, 2.05) is 18.2 Å². The molecule has 21 heavy (non-hydrogen) atoms. The standard InChI is InChI=1S/C16H15Br2NO2/c1-3-10-8-12(17)5-6-14(10)19-16(20)11-4-7-15(21-2)13(18)9-11/h4-9H,3H2,1-2H3,(H,19,20). The van der Waals surface area contributed by atoms with Gasteiger partial charge in [-0.1, -0.05) is 22.9 Å². The SMILES string of the molecule is CCc1cc(Br)ccc1NC(=O)c1ccc(OC)c(Br)c1. The minimum absolute atomic E-state index is 0.143. The summed E-state index contributed by atoms with van der Waals surface area (Å²) in [5, 5.41) is 2.95. The second-order valence-corrected chi connectivity index (χ2v) is 6.23. The van der Waals surface area contributed by atoms with Crippen molar-refractivity contribution >= 4 is 43.5 Å². The molecule has 0 aliphatic carbocycles. The fourth-order valence-corrected chi connectivity index (χ4v) is 2.93. The summed E-state index contributed by atoms with van der Waals surface area (Å²) in [5.74, 6) is 0.555. The van der Waals surface area contributed by atoms with Gasteiger partial charge in [0.05, 0.1) is 11.6 Å². The van der Waals surface area contributed by atoms with Gasteiger partial charge in [0.15, 0.2) is 0 Å². The number of hydrogen-bond donors (Lipinski definition) is 1. The predicted molar refractivity (Wildman–Crippen MR) is 92.2 cm³/mol. The highest BCUT2D eigenvalue weighted by molar-refractivity contribution is 9.10. The van der Waals surface area contributed by atoms with E-state index in [-0.39, 0.29) is 5.91 Å². The van der Waals surface area contributed by atoms with E-state index in [1.165, 1.54) is 0 Å². The molecule has 1 N–H and O–H groups in total. The molecular weight excluding hydrogens is 398 g/mol. The quantitative estimate of drug-likeness (QED) is 0.764. The van der Waals surface area contributed by atoms with Crippen molar-refractivity contribution in [3.8, 4) is 5.75 Å². The third-order valence-electron chi connectivity index (χ3n) is 3.11. The van der Waals surface area contributed by atoms with Gasteiger partial charge in [0.2, 0.25) is 0 Å². The molecule has 0 bridgehead atoms. The van der Waals surface area contributed by atoms with Crippen LogP contribution in [0.2, 0.25) is 0 Å². The van der Waals surface area contributed by atoms with E-state index >= 15 is 0 Å².